The fourth-order valence-electron chi connectivity index (χ4n) is 1.97. The van der Waals surface area contributed by atoms with Gasteiger partial charge in [0.2, 0.25) is 0 Å². The van der Waals surface area contributed by atoms with E-state index in [0.29, 0.717) is 10.0 Å². The van der Waals surface area contributed by atoms with Gasteiger partial charge in [0.1, 0.15) is 5.82 Å². The van der Waals surface area contributed by atoms with Crippen molar-refractivity contribution in [3.8, 4) is 0 Å². The predicted molar refractivity (Wildman–Crippen MR) is 77.6 cm³/mol. The molecular weight excluding hydrogens is 283 g/mol. The quantitative estimate of drug-likeness (QED) is 0.923. The SMILES string of the molecule is CCNC(Cc1nccn1C)c1ncc(Cl)cc1Cl. The summed E-state index contributed by atoms with van der Waals surface area (Å²) in [6.45, 7) is 2.88. The van der Waals surface area contributed by atoms with Gasteiger partial charge in [-0.3, -0.25) is 4.98 Å². The average molecular weight is 299 g/mol. The molecule has 1 unspecified atom stereocenters. The van der Waals surface area contributed by atoms with Gasteiger partial charge >= 0.3 is 0 Å². The first kappa shape index (κ1) is 14.3. The number of halogens is 2. The van der Waals surface area contributed by atoms with E-state index < -0.39 is 0 Å². The molecule has 1 atom stereocenters. The molecule has 0 saturated carbocycles. The molecule has 2 aromatic rings. The van der Waals surface area contributed by atoms with E-state index in [-0.39, 0.29) is 6.04 Å². The summed E-state index contributed by atoms with van der Waals surface area (Å²) in [6, 6.07) is 1.74. The van der Waals surface area contributed by atoms with Gasteiger partial charge in [0.15, 0.2) is 0 Å². The van der Waals surface area contributed by atoms with E-state index in [0.717, 1.165) is 24.5 Å². The molecule has 0 aliphatic heterocycles. The highest BCUT2D eigenvalue weighted by Gasteiger charge is 2.18. The van der Waals surface area contributed by atoms with Gasteiger partial charge in [-0.05, 0) is 12.6 Å². The summed E-state index contributed by atoms with van der Waals surface area (Å²) < 4.78 is 1.99. The second-order valence-electron chi connectivity index (χ2n) is 4.29. The van der Waals surface area contributed by atoms with Crippen molar-refractivity contribution in [1.29, 1.82) is 0 Å². The Labute approximate surface area is 122 Å². The minimum Gasteiger partial charge on any atom is -0.338 e. The first-order valence-corrected chi connectivity index (χ1v) is 6.88. The van der Waals surface area contributed by atoms with Crippen LogP contribution < -0.4 is 5.32 Å². The molecular formula is C13H16Cl2N4. The Morgan fingerprint density at radius 3 is 2.74 bits per heavy atom. The second kappa shape index (κ2) is 6.37. The van der Waals surface area contributed by atoms with Crippen LogP contribution in [-0.4, -0.2) is 21.1 Å². The fraction of sp³-hybridized carbons (Fsp3) is 0.385. The van der Waals surface area contributed by atoms with Crippen molar-refractivity contribution < 1.29 is 0 Å². The van der Waals surface area contributed by atoms with E-state index in [9.17, 15) is 0 Å². The molecule has 0 fully saturated rings. The largest absolute Gasteiger partial charge is 0.338 e. The third-order valence-corrected chi connectivity index (χ3v) is 3.43. The Hall–Kier alpha value is -1.10. The minimum atomic E-state index is 0.0240. The minimum absolute atomic E-state index is 0.0240. The second-order valence-corrected chi connectivity index (χ2v) is 5.13. The van der Waals surface area contributed by atoms with Crippen LogP contribution in [0.2, 0.25) is 10.0 Å². The van der Waals surface area contributed by atoms with Crippen molar-refractivity contribution in [2.45, 2.75) is 19.4 Å². The fourth-order valence-corrected chi connectivity index (χ4v) is 2.48. The molecule has 0 radical (unpaired) electrons. The number of nitrogens with zero attached hydrogens (tertiary/aromatic N) is 3. The normalized spacial score (nSPS) is 12.6. The lowest BCUT2D eigenvalue weighted by atomic mass is 10.1. The first-order valence-electron chi connectivity index (χ1n) is 6.12. The number of aryl methyl sites for hydroxylation is 1. The van der Waals surface area contributed by atoms with Crippen molar-refractivity contribution in [2.75, 3.05) is 6.54 Å². The van der Waals surface area contributed by atoms with Crippen LogP contribution in [0.15, 0.2) is 24.7 Å². The van der Waals surface area contributed by atoms with Crippen LogP contribution in [0, 0.1) is 0 Å². The summed E-state index contributed by atoms with van der Waals surface area (Å²) in [5.74, 6) is 0.985. The highest BCUT2D eigenvalue weighted by molar-refractivity contribution is 6.34. The molecule has 1 N–H and O–H groups in total. The smallest absolute Gasteiger partial charge is 0.110 e. The summed E-state index contributed by atoms with van der Waals surface area (Å²) in [6.07, 6.45) is 6.06. The number of imidazole rings is 1. The summed E-state index contributed by atoms with van der Waals surface area (Å²) in [7, 11) is 1.97. The molecule has 0 bridgehead atoms. The zero-order valence-electron chi connectivity index (χ0n) is 10.9. The van der Waals surface area contributed by atoms with E-state index >= 15 is 0 Å². The molecule has 0 aliphatic carbocycles. The van der Waals surface area contributed by atoms with Gasteiger partial charge in [-0.1, -0.05) is 30.1 Å². The van der Waals surface area contributed by atoms with Crippen LogP contribution in [0.25, 0.3) is 0 Å². The molecule has 102 valence electrons. The Kier molecular flexibility index (Phi) is 4.80. The highest BCUT2D eigenvalue weighted by atomic mass is 35.5. The van der Waals surface area contributed by atoms with Gasteiger partial charge in [0.05, 0.1) is 21.8 Å². The molecule has 2 rings (SSSR count). The van der Waals surface area contributed by atoms with Crippen molar-refractivity contribution >= 4 is 23.2 Å². The summed E-state index contributed by atoms with van der Waals surface area (Å²) in [5, 5.41) is 4.50. The number of hydrogen-bond acceptors (Lipinski definition) is 3. The summed E-state index contributed by atoms with van der Waals surface area (Å²) in [4.78, 5) is 8.68. The van der Waals surface area contributed by atoms with Crippen LogP contribution in [0.4, 0.5) is 0 Å². The molecule has 0 spiro atoms. The van der Waals surface area contributed by atoms with E-state index in [1.807, 2.05) is 17.8 Å². The number of likely N-dealkylation sites (N-methyl/N-ethyl adjacent to an activating group) is 1. The molecule has 2 heterocycles. The van der Waals surface area contributed by atoms with E-state index in [1.54, 1.807) is 18.5 Å². The average Bonchev–Trinajstić information content (AvgIpc) is 2.75. The van der Waals surface area contributed by atoms with Gasteiger partial charge in [-0.2, -0.15) is 0 Å². The Balaban J connectivity index is 2.27. The zero-order chi connectivity index (χ0) is 13.8. The molecule has 0 aliphatic rings. The van der Waals surface area contributed by atoms with E-state index in [1.165, 1.54) is 0 Å². The summed E-state index contributed by atoms with van der Waals surface area (Å²) >= 11 is 12.1. The number of pyridine rings is 1. The van der Waals surface area contributed by atoms with E-state index in [4.69, 9.17) is 23.2 Å². The van der Waals surface area contributed by atoms with Crippen LogP contribution >= 0.6 is 23.2 Å². The monoisotopic (exact) mass is 298 g/mol. The number of aromatic nitrogens is 3. The molecule has 0 saturated heterocycles. The van der Waals surface area contributed by atoms with Gasteiger partial charge in [-0.25, -0.2) is 4.98 Å². The third kappa shape index (κ3) is 3.47. The maximum Gasteiger partial charge on any atom is 0.110 e. The van der Waals surface area contributed by atoms with Crippen LogP contribution in [0.3, 0.4) is 0 Å². The lowest BCUT2D eigenvalue weighted by Crippen LogP contribution is -2.25. The zero-order valence-corrected chi connectivity index (χ0v) is 12.4. The van der Waals surface area contributed by atoms with Crippen LogP contribution in [0.5, 0.6) is 0 Å². The summed E-state index contributed by atoms with van der Waals surface area (Å²) in [5.41, 5.74) is 0.802. The van der Waals surface area contributed by atoms with Crippen molar-refractivity contribution in [3.05, 3.63) is 46.2 Å². The molecule has 0 aromatic carbocycles. The molecule has 2 aromatic heterocycles. The molecule has 0 amide bonds. The Morgan fingerprint density at radius 2 is 2.16 bits per heavy atom. The first-order chi connectivity index (χ1) is 9.11. The Morgan fingerprint density at radius 1 is 1.37 bits per heavy atom. The van der Waals surface area contributed by atoms with Crippen LogP contribution in [0.1, 0.15) is 24.5 Å². The van der Waals surface area contributed by atoms with Crippen molar-refractivity contribution in [3.63, 3.8) is 0 Å². The lowest BCUT2D eigenvalue weighted by molar-refractivity contribution is 0.517. The maximum absolute atomic E-state index is 6.23. The van der Waals surface area contributed by atoms with Gasteiger partial charge in [0.25, 0.3) is 0 Å². The third-order valence-electron chi connectivity index (χ3n) is 2.92. The van der Waals surface area contributed by atoms with Gasteiger partial charge in [-0.15, -0.1) is 0 Å². The van der Waals surface area contributed by atoms with E-state index in [2.05, 4.69) is 22.2 Å². The number of hydrogen-bond donors (Lipinski definition) is 1. The van der Waals surface area contributed by atoms with Gasteiger partial charge < -0.3 is 9.88 Å². The highest BCUT2D eigenvalue weighted by Crippen LogP contribution is 2.25. The number of rotatable bonds is 5. The van der Waals surface area contributed by atoms with Crippen molar-refractivity contribution in [2.24, 2.45) is 7.05 Å². The van der Waals surface area contributed by atoms with Crippen LogP contribution in [-0.2, 0) is 13.5 Å². The molecule has 19 heavy (non-hydrogen) atoms. The van der Waals surface area contributed by atoms with Gasteiger partial charge in [0, 0.05) is 32.1 Å². The Bertz CT molecular complexity index is 553. The molecule has 4 nitrogen and oxygen atoms in total. The molecule has 6 heteroatoms. The lowest BCUT2D eigenvalue weighted by Gasteiger charge is -2.18. The number of nitrogens with one attached hydrogen (secondary N) is 1. The predicted octanol–water partition coefficient (Wildman–Crippen LogP) is 3.02. The standard InChI is InChI=1S/C13H16Cl2N4/c1-3-16-11(7-12-17-4-5-19(12)2)13-10(15)6-9(14)8-18-13/h4-6,8,11,16H,3,7H2,1-2H3. The topological polar surface area (TPSA) is 42.7 Å². The maximum atomic E-state index is 6.23. The van der Waals surface area contributed by atoms with Crippen molar-refractivity contribution in [1.82, 2.24) is 19.9 Å².